The maximum absolute atomic E-state index is 12.1. The molecule has 0 spiro atoms. The van der Waals surface area contributed by atoms with Crippen molar-refractivity contribution in [3.63, 3.8) is 0 Å². The van der Waals surface area contributed by atoms with Crippen molar-refractivity contribution in [2.24, 2.45) is 0 Å². The largest absolute Gasteiger partial charge is 0.519 e. The Bertz CT molecular complexity index is 1890. The van der Waals surface area contributed by atoms with Gasteiger partial charge in [0.25, 0.3) is 0 Å². The van der Waals surface area contributed by atoms with Crippen molar-refractivity contribution in [3.05, 3.63) is 108 Å². The van der Waals surface area contributed by atoms with Gasteiger partial charge in [-0.2, -0.15) is 0 Å². The van der Waals surface area contributed by atoms with Gasteiger partial charge in [-0.05, 0) is 130 Å². The van der Waals surface area contributed by atoms with Crippen LogP contribution >= 0.6 is 0 Å². The Labute approximate surface area is 385 Å². The number of carbonyl (C=O) groups excluding carboxylic acids is 3. The monoisotopic (exact) mass is 908 g/mol. The molecule has 3 fully saturated rings. The Morgan fingerprint density at radius 2 is 0.969 bits per heavy atom. The molecule has 3 aliphatic heterocycles. The molecule has 0 unspecified atom stereocenters. The Hall–Kier alpha value is -5.35. The van der Waals surface area contributed by atoms with Gasteiger partial charge in [0.15, 0.2) is 0 Å². The molecule has 3 atom stereocenters. The summed E-state index contributed by atoms with van der Waals surface area (Å²) in [6, 6.07) is 29.8. The Morgan fingerprint density at radius 3 is 1.28 bits per heavy atom. The zero-order valence-electron chi connectivity index (χ0n) is 40.1. The Morgan fingerprint density at radius 1 is 0.585 bits per heavy atom. The zero-order chi connectivity index (χ0) is 48.9. The van der Waals surface area contributed by atoms with E-state index in [2.05, 4.69) is 27.1 Å². The van der Waals surface area contributed by atoms with E-state index in [1.165, 1.54) is 12.7 Å². The van der Waals surface area contributed by atoms with Gasteiger partial charge in [0, 0.05) is 26.4 Å². The molecule has 3 saturated heterocycles. The van der Waals surface area contributed by atoms with Crippen LogP contribution in [-0.4, -0.2) is 131 Å². The van der Waals surface area contributed by atoms with Gasteiger partial charge in [-0.3, -0.25) is 24.2 Å². The van der Waals surface area contributed by atoms with Gasteiger partial charge in [-0.25, -0.2) is 9.59 Å². The zero-order valence-corrected chi connectivity index (χ0v) is 40.1. The highest BCUT2D eigenvalue weighted by atomic mass is 16.8. The highest BCUT2D eigenvalue weighted by Crippen LogP contribution is 2.33. The number of ether oxygens (including phenoxy) is 4. The second kappa shape index (κ2) is 26.0. The number of rotatable bonds is 9. The summed E-state index contributed by atoms with van der Waals surface area (Å²) in [5.41, 5.74) is 0.0800. The van der Waals surface area contributed by atoms with E-state index in [-0.39, 0.29) is 5.97 Å². The number of carbonyl (C=O) groups is 5. The lowest BCUT2D eigenvalue weighted by Gasteiger charge is -2.33. The molecule has 3 aromatic rings. The van der Waals surface area contributed by atoms with Crippen LogP contribution < -0.4 is 5.32 Å². The minimum absolute atomic E-state index is 0.110. The minimum Gasteiger partial charge on any atom is -0.480 e. The van der Waals surface area contributed by atoms with E-state index in [1.54, 1.807) is 41.5 Å². The van der Waals surface area contributed by atoms with Crippen LogP contribution in [0.15, 0.2) is 91.0 Å². The molecule has 15 nitrogen and oxygen atoms in total. The summed E-state index contributed by atoms with van der Waals surface area (Å²) in [5, 5.41) is 28.8. The summed E-state index contributed by atoms with van der Waals surface area (Å²) in [7, 11) is 6.39. The summed E-state index contributed by atoms with van der Waals surface area (Å²) >= 11 is 0. The topological polar surface area (TPSA) is 201 Å². The molecule has 3 aromatic carbocycles. The van der Waals surface area contributed by atoms with Gasteiger partial charge in [0.1, 0.15) is 27.8 Å². The molecule has 360 valence electrons. The first-order chi connectivity index (χ1) is 30.6. The van der Waals surface area contributed by atoms with Crippen molar-refractivity contribution >= 4 is 30.2 Å². The predicted molar refractivity (Wildman–Crippen MR) is 249 cm³/mol. The third kappa shape index (κ3) is 17.9. The fourth-order valence-corrected chi connectivity index (χ4v) is 7.98. The predicted octanol–water partition coefficient (Wildman–Crippen LogP) is 7.56. The lowest BCUT2D eigenvalue weighted by molar-refractivity contribution is -0.153. The van der Waals surface area contributed by atoms with Crippen LogP contribution in [0.25, 0.3) is 0 Å². The van der Waals surface area contributed by atoms with Crippen LogP contribution in [-0.2, 0) is 52.6 Å². The van der Waals surface area contributed by atoms with E-state index in [0.29, 0.717) is 12.8 Å². The van der Waals surface area contributed by atoms with E-state index in [1.807, 2.05) is 97.9 Å². The number of aliphatic hydroxyl groups is 1. The molecule has 0 saturated carbocycles. The van der Waals surface area contributed by atoms with Gasteiger partial charge in [-0.1, -0.05) is 91.0 Å². The summed E-state index contributed by atoms with van der Waals surface area (Å²) in [6.07, 6.45) is 5.09. The van der Waals surface area contributed by atoms with E-state index in [0.717, 1.165) is 82.8 Å². The van der Waals surface area contributed by atoms with Gasteiger partial charge >= 0.3 is 30.2 Å². The number of methoxy groups -OCH3 is 1. The molecule has 6 rings (SSSR count). The van der Waals surface area contributed by atoms with Crippen molar-refractivity contribution in [2.45, 2.75) is 127 Å². The molecule has 65 heavy (non-hydrogen) atoms. The highest BCUT2D eigenvalue weighted by Gasteiger charge is 2.47. The Balaban J connectivity index is 0.000000294. The summed E-state index contributed by atoms with van der Waals surface area (Å²) in [5.74, 6) is -1.54. The van der Waals surface area contributed by atoms with Crippen molar-refractivity contribution in [2.75, 3.05) is 47.9 Å². The number of aliphatic carboxylic acids is 2. The quantitative estimate of drug-likeness (QED) is 0.0930. The number of carboxylic acids is 2. The van der Waals surface area contributed by atoms with Crippen molar-refractivity contribution in [1.82, 2.24) is 15.1 Å². The standard InChI is InChI=1S/C14H19NO2.C13H17NO2.C12H15NO2.C10H18O5.CH4O/c1-15-10-6-9-14(15,13(16)17-2)11-12-7-4-3-5-8-12;1-14-9-5-8-13(14,12(15)16)10-11-6-3-2-4-7-11;14-11(15)12(7-4-8-13-12)9-10-5-2-1-3-6-10;1-9(2,3)14-7(11)13-8(12)15-10(4,5)6;1-2/h3-5,7-8H,6,9-11H2,1-2H3;2-4,6-7H,5,8-10H2,1H3,(H,15,16);1-3,5-6,13H,4,7-9H2,(H,14,15);1-6H3;2H,1H3/t14-;13-;12-;;/m111../s1. The second-order valence-electron chi connectivity index (χ2n) is 18.3. The number of hydrogen-bond donors (Lipinski definition) is 4. The average molecular weight is 908 g/mol. The number of likely N-dealkylation sites (N-methyl/N-ethyl adjacent to an activating group) is 2. The molecule has 0 aromatic heterocycles. The third-order valence-electron chi connectivity index (χ3n) is 11.2. The average Bonchev–Trinajstić information content (AvgIpc) is 3.98. The first-order valence-corrected chi connectivity index (χ1v) is 22.0. The van der Waals surface area contributed by atoms with Gasteiger partial charge in [0.2, 0.25) is 0 Å². The number of carboxylic acid groups (broad SMARTS) is 2. The molecular formula is C50H73N3O12. The fraction of sp³-hybridized carbons (Fsp3) is 0.540. The molecule has 0 bridgehead atoms. The van der Waals surface area contributed by atoms with E-state index in [4.69, 9.17) is 19.3 Å². The van der Waals surface area contributed by atoms with Crippen molar-refractivity contribution in [1.29, 1.82) is 0 Å². The van der Waals surface area contributed by atoms with E-state index >= 15 is 0 Å². The number of esters is 1. The lowest BCUT2D eigenvalue weighted by Crippen LogP contribution is -2.51. The minimum atomic E-state index is -1.06. The molecule has 0 radical (unpaired) electrons. The van der Waals surface area contributed by atoms with Crippen molar-refractivity contribution in [3.8, 4) is 0 Å². The van der Waals surface area contributed by atoms with Gasteiger partial charge < -0.3 is 39.6 Å². The molecule has 3 aliphatic rings. The smallest absolute Gasteiger partial charge is 0.480 e. The first-order valence-electron chi connectivity index (χ1n) is 22.0. The van der Waals surface area contributed by atoms with Gasteiger partial charge in [-0.15, -0.1) is 0 Å². The Kier molecular flexibility index (Phi) is 22.3. The maximum Gasteiger partial charge on any atom is 0.519 e. The van der Waals surface area contributed by atoms with Crippen LogP contribution in [0.3, 0.4) is 0 Å². The first kappa shape index (κ1) is 55.8. The SMILES string of the molecule is CC(C)(C)OC(=O)OC(=O)OC(C)(C)C.CN1CCC[C@@]1(Cc1ccccc1)C(=O)O.CO.COC(=O)[C@]1(Cc2ccccc2)CCCN1C.O=C(O)[C@]1(Cc2ccccc2)CCCN1. The molecule has 4 N–H and O–H groups in total. The molecule has 0 amide bonds. The van der Waals surface area contributed by atoms with Crippen LogP contribution in [0.2, 0.25) is 0 Å². The summed E-state index contributed by atoms with van der Waals surface area (Å²) in [6.45, 7) is 12.7. The molecule has 0 aliphatic carbocycles. The summed E-state index contributed by atoms with van der Waals surface area (Å²) in [4.78, 5) is 61.0. The number of benzene rings is 3. The van der Waals surface area contributed by atoms with Crippen LogP contribution in [0.1, 0.15) is 96.8 Å². The van der Waals surface area contributed by atoms with Crippen LogP contribution in [0, 0.1) is 0 Å². The normalized spacial score (nSPS) is 21.5. The maximum atomic E-state index is 12.1. The lowest BCUT2D eigenvalue weighted by atomic mass is 9.88. The molecule has 15 heteroatoms. The van der Waals surface area contributed by atoms with Crippen LogP contribution in [0.5, 0.6) is 0 Å². The molecular weight excluding hydrogens is 835 g/mol. The van der Waals surface area contributed by atoms with E-state index < -0.39 is 52.1 Å². The fourth-order valence-electron chi connectivity index (χ4n) is 7.98. The van der Waals surface area contributed by atoms with Crippen molar-refractivity contribution < 1.29 is 58.2 Å². The second-order valence-corrected chi connectivity index (χ2v) is 18.3. The number of nitrogens with zero attached hydrogens (tertiary/aromatic N) is 2. The van der Waals surface area contributed by atoms with E-state index in [9.17, 15) is 34.2 Å². The third-order valence-corrected chi connectivity index (χ3v) is 11.2. The number of hydrogen-bond acceptors (Lipinski definition) is 13. The summed E-state index contributed by atoms with van der Waals surface area (Å²) < 4.78 is 18.8. The number of nitrogens with one attached hydrogen (secondary N) is 1. The highest BCUT2D eigenvalue weighted by molar-refractivity contribution is 5.82. The van der Waals surface area contributed by atoms with Crippen LogP contribution in [0.4, 0.5) is 9.59 Å². The van der Waals surface area contributed by atoms with Gasteiger partial charge in [0.05, 0.1) is 7.11 Å². The molecule has 3 heterocycles. The number of likely N-dealkylation sites (tertiary alicyclic amines) is 2. The number of aliphatic hydroxyl groups excluding tert-OH is 1.